The smallest absolute Gasteiger partial charge is 0.273 e. The van der Waals surface area contributed by atoms with Gasteiger partial charge in [-0.2, -0.15) is 0 Å². The van der Waals surface area contributed by atoms with Crippen LogP contribution < -0.4 is 5.43 Å². The number of hydrazine groups is 1. The monoisotopic (exact) mass is 278 g/mol. The summed E-state index contributed by atoms with van der Waals surface area (Å²) >= 11 is 0. The highest BCUT2D eigenvalue weighted by molar-refractivity contribution is 5.94. The predicted octanol–water partition coefficient (Wildman–Crippen LogP) is 0.795. The highest BCUT2D eigenvalue weighted by Crippen LogP contribution is 2.19. The van der Waals surface area contributed by atoms with Crippen LogP contribution >= 0.6 is 0 Å². The minimum Gasteiger partial charge on any atom is -0.304 e. The molecule has 108 valence electrons. The normalized spacial score (nSPS) is 16.9. The summed E-state index contributed by atoms with van der Waals surface area (Å²) in [4.78, 5) is 24.7. The zero-order chi connectivity index (χ0) is 14.7. The molecule has 1 aliphatic heterocycles. The van der Waals surface area contributed by atoms with Crippen molar-refractivity contribution in [2.75, 3.05) is 33.2 Å². The molecule has 0 aliphatic carbocycles. The van der Waals surface area contributed by atoms with Gasteiger partial charge in [-0.05, 0) is 20.0 Å². The average Bonchev–Trinajstić information content (AvgIpc) is 2.41. The Hall–Kier alpha value is -1.99. The molecule has 1 amide bonds. The lowest BCUT2D eigenvalue weighted by Crippen LogP contribution is -2.52. The average molecular weight is 278 g/mol. The topological polar surface area (TPSA) is 78.7 Å². The van der Waals surface area contributed by atoms with Gasteiger partial charge in [0.25, 0.3) is 11.6 Å². The second-order valence-corrected chi connectivity index (χ2v) is 4.99. The maximum absolute atomic E-state index is 12.1. The van der Waals surface area contributed by atoms with Crippen LogP contribution in [0.25, 0.3) is 0 Å². The minimum absolute atomic E-state index is 0.0315. The molecule has 1 saturated heterocycles. The van der Waals surface area contributed by atoms with E-state index in [1.54, 1.807) is 19.1 Å². The van der Waals surface area contributed by atoms with Crippen molar-refractivity contribution in [3.63, 3.8) is 0 Å². The second kappa shape index (κ2) is 5.98. The summed E-state index contributed by atoms with van der Waals surface area (Å²) in [6, 6.07) is 4.52. The van der Waals surface area contributed by atoms with Crippen molar-refractivity contribution in [1.29, 1.82) is 0 Å². The van der Waals surface area contributed by atoms with Gasteiger partial charge in [-0.1, -0.05) is 6.07 Å². The molecule has 0 aromatic heterocycles. The van der Waals surface area contributed by atoms with Crippen LogP contribution in [-0.2, 0) is 0 Å². The number of amides is 1. The fourth-order valence-corrected chi connectivity index (χ4v) is 2.07. The fraction of sp³-hybridized carbons (Fsp3) is 0.462. The van der Waals surface area contributed by atoms with Crippen molar-refractivity contribution in [1.82, 2.24) is 15.3 Å². The van der Waals surface area contributed by atoms with Crippen LogP contribution in [0, 0.1) is 17.0 Å². The molecule has 1 aliphatic rings. The van der Waals surface area contributed by atoms with Gasteiger partial charge in [-0.25, -0.2) is 5.01 Å². The fourth-order valence-electron chi connectivity index (χ4n) is 2.07. The van der Waals surface area contributed by atoms with E-state index in [0.29, 0.717) is 11.1 Å². The van der Waals surface area contributed by atoms with E-state index < -0.39 is 4.92 Å². The molecule has 1 aromatic rings. The molecule has 1 aromatic carbocycles. The van der Waals surface area contributed by atoms with E-state index in [1.165, 1.54) is 6.07 Å². The lowest BCUT2D eigenvalue weighted by Gasteiger charge is -2.32. The van der Waals surface area contributed by atoms with E-state index in [1.807, 2.05) is 12.1 Å². The number of nitrogens with zero attached hydrogens (tertiary/aromatic N) is 3. The summed E-state index contributed by atoms with van der Waals surface area (Å²) in [5.41, 5.74) is 3.61. The number of hydrogen-bond donors (Lipinski definition) is 1. The second-order valence-electron chi connectivity index (χ2n) is 4.99. The molecule has 7 heteroatoms. The van der Waals surface area contributed by atoms with Crippen molar-refractivity contribution in [3.05, 3.63) is 39.4 Å². The summed E-state index contributed by atoms with van der Waals surface area (Å²) in [5, 5.41) is 12.7. The van der Waals surface area contributed by atoms with Gasteiger partial charge < -0.3 is 4.90 Å². The maximum Gasteiger partial charge on any atom is 0.273 e. The summed E-state index contributed by atoms with van der Waals surface area (Å²) in [6.07, 6.45) is 0. The summed E-state index contributed by atoms with van der Waals surface area (Å²) in [5.74, 6) is -0.308. The van der Waals surface area contributed by atoms with Crippen LogP contribution in [0.5, 0.6) is 0 Å². The zero-order valence-electron chi connectivity index (χ0n) is 11.6. The third-order valence-corrected chi connectivity index (χ3v) is 3.43. The van der Waals surface area contributed by atoms with Gasteiger partial charge in [0.05, 0.1) is 4.92 Å². The van der Waals surface area contributed by atoms with E-state index in [2.05, 4.69) is 10.3 Å². The van der Waals surface area contributed by atoms with Crippen molar-refractivity contribution in [2.24, 2.45) is 0 Å². The number of nitro groups is 1. The molecular weight excluding hydrogens is 260 g/mol. The Balaban J connectivity index is 2.06. The number of hydrogen-bond acceptors (Lipinski definition) is 5. The lowest BCUT2D eigenvalue weighted by atomic mass is 10.1. The van der Waals surface area contributed by atoms with Gasteiger partial charge in [0, 0.05) is 43.4 Å². The van der Waals surface area contributed by atoms with Crippen molar-refractivity contribution < 1.29 is 9.72 Å². The molecule has 1 fully saturated rings. The van der Waals surface area contributed by atoms with Crippen LogP contribution in [-0.4, -0.2) is 54.0 Å². The van der Waals surface area contributed by atoms with E-state index in [9.17, 15) is 14.9 Å². The summed E-state index contributed by atoms with van der Waals surface area (Å²) < 4.78 is 0. The first-order valence-corrected chi connectivity index (χ1v) is 6.47. The van der Waals surface area contributed by atoms with E-state index in [0.717, 1.165) is 26.2 Å². The Morgan fingerprint density at radius 3 is 2.55 bits per heavy atom. The number of piperazine rings is 1. The number of aryl methyl sites for hydroxylation is 1. The van der Waals surface area contributed by atoms with E-state index in [-0.39, 0.29) is 11.6 Å². The van der Waals surface area contributed by atoms with Crippen LogP contribution in [0.3, 0.4) is 0 Å². The molecule has 2 rings (SSSR count). The van der Waals surface area contributed by atoms with E-state index >= 15 is 0 Å². The van der Waals surface area contributed by atoms with Gasteiger partial charge in [-0.15, -0.1) is 0 Å². The number of carbonyl (C=O) groups excluding carboxylic acids is 1. The Morgan fingerprint density at radius 1 is 1.30 bits per heavy atom. The standard InChI is InChI=1S/C13H18N4O3/c1-10-3-4-11(9-12(10)17(19)20)13(18)14-16-7-5-15(2)6-8-16/h3-4,9H,5-8H2,1-2H3,(H,14,18). The highest BCUT2D eigenvalue weighted by atomic mass is 16.6. The van der Waals surface area contributed by atoms with Crippen molar-refractivity contribution >= 4 is 11.6 Å². The molecule has 0 saturated carbocycles. The third-order valence-electron chi connectivity index (χ3n) is 3.43. The Labute approximate surface area is 117 Å². The number of likely N-dealkylation sites (N-methyl/N-ethyl adjacent to an activating group) is 1. The van der Waals surface area contributed by atoms with Gasteiger partial charge in [-0.3, -0.25) is 20.3 Å². The number of nitrogens with one attached hydrogen (secondary N) is 1. The molecule has 0 radical (unpaired) electrons. The molecule has 0 atom stereocenters. The van der Waals surface area contributed by atoms with Gasteiger partial charge in [0.1, 0.15) is 0 Å². The highest BCUT2D eigenvalue weighted by Gasteiger charge is 2.19. The van der Waals surface area contributed by atoms with Crippen molar-refractivity contribution in [2.45, 2.75) is 6.92 Å². The molecule has 20 heavy (non-hydrogen) atoms. The van der Waals surface area contributed by atoms with E-state index in [4.69, 9.17) is 0 Å². The number of benzene rings is 1. The SMILES string of the molecule is Cc1ccc(C(=O)NN2CCN(C)CC2)cc1[N+](=O)[O-]. The first-order chi connectivity index (χ1) is 9.47. The molecule has 0 bridgehead atoms. The minimum atomic E-state index is -0.470. The maximum atomic E-state index is 12.1. The largest absolute Gasteiger partial charge is 0.304 e. The Kier molecular flexibility index (Phi) is 4.31. The third kappa shape index (κ3) is 3.31. The quantitative estimate of drug-likeness (QED) is 0.653. The van der Waals surface area contributed by atoms with Crippen LogP contribution in [0.2, 0.25) is 0 Å². The van der Waals surface area contributed by atoms with Crippen LogP contribution in [0.1, 0.15) is 15.9 Å². The lowest BCUT2D eigenvalue weighted by molar-refractivity contribution is -0.385. The van der Waals surface area contributed by atoms with Gasteiger partial charge in [0.2, 0.25) is 0 Å². The number of rotatable bonds is 3. The molecule has 0 unspecified atom stereocenters. The van der Waals surface area contributed by atoms with Crippen molar-refractivity contribution in [3.8, 4) is 0 Å². The summed E-state index contributed by atoms with van der Waals surface area (Å²) in [7, 11) is 2.03. The molecule has 7 nitrogen and oxygen atoms in total. The first kappa shape index (κ1) is 14.4. The van der Waals surface area contributed by atoms with Crippen LogP contribution in [0.15, 0.2) is 18.2 Å². The molecule has 0 spiro atoms. The Bertz CT molecular complexity index is 524. The zero-order valence-corrected chi connectivity index (χ0v) is 11.6. The van der Waals surface area contributed by atoms with Crippen LogP contribution in [0.4, 0.5) is 5.69 Å². The number of nitro benzene ring substituents is 1. The molecule has 1 N–H and O–H groups in total. The molecule has 1 heterocycles. The molecular formula is C13H18N4O3. The number of carbonyl (C=O) groups is 1. The Morgan fingerprint density at radius 2 is 1.95 bits per heavy atom. The van der Waals surface area contributed by atoms with Gasteiger partial charge in [0.15, 0.2) is 0 Å². The van der Waals surface area contributed by atoms with Gasteiger partial charge >= 0.3 is 0 Å². The predicted molar refractivity (Wildman–Crippen MR) is 74.4 cm³/mol. The first-order valence-electron chi connectivity index (χ1n) is 6.47. The summed E-state index contributed by atoms with van der Waals surface area (Å²) in [6.45, 7) is 4.91.